The molecule has 0 spiro atoms. The van der Waals surface area contributed by atoms with Crippen molar-refractivity contribution in [3.63, 3.8) is 0 Å². The number of carbonyl (C=O) groups is 1. The molecule has 0 aliphatic carbocycles. The molecule has 0 fully saturated rings. The van der Waals surface area contributed by atoms with Gasteiger partial charge >= 0.3 is 0 Å². The second kappa shape index (κ2) is 8.74. The molecule has 8 heteroatoms. The fraction of sp³-hybridized carbons (Fsp3) is 0.238. The first kappa shape index (κ1) is 20.3. The van der Waals surface area contributed by atoms with Crippen LogP contribution in [0.3, 0.4) is 0 Å². The van der Waals surface area contributed by atoms with Gasteiger partial charge in [-0.2, -0.15) is 5.10 Å². The summed E-state index contributed by atoms with van der Waals surface area (Å²) in [7, 11) is 3.02. The highest BCUT2D eigenvalue weighted by Gasteiger charge is 2.23. The van der Waals surface area contributed by atoms with Crippen molar-refractivity contribution < 1.29 is 23.8 Å². The summed E-state index contributed by atoms with van der Waals surface area (Å²) in [5, 5.41) is 17.5. The maximum atomic E-state index is 13.9. The Balaban J connectivity index is 1.75. The molecule has 29 heavy (non-hydrogen) atoms. The summed E-state index contributed by atoms with van der Waals surface area (Å²) < 4.78 is 25.7. The predicted octanol–water partition coefficient (Wildman–Crippen LogP) is 2.88. The van der Waals surface area contributed by atoms with Crippen molar-refractivity contribution in [2.24, 2.45) is 0 Å². The molecule has 1 amide bonds. The van der Waals surface area contributed by atoms with Crippen molar-refractivity contribution in [3.05, 3.63) is 71.8 Å². The van der Waals surface area contributed by atoms with E-state index in [1.54, 1.807) is 43.3 Å². The molecule has 0 bridgehead atoms. The van der Waals surface area contributed by atoms with Crippen LogP contribution in [0.1, 0.15) is 28.9 Å². The van der Waals surface area contributed by atoms with Crippen molar-refractivity contribution in [3.8, 4) is 17.2 Å². The number of benzene rings is 2. The van der Waals surface area contributed by atoms with Gasteiger partial charge in [-0.05, 0) is 37.3 Å². The van der Waals surface area contributed by atoms with E-state index in [4.69, 9.17) is 9.47 Å². The molecule has 0 saturated carbocycles. The third kappa shape index (κ3) is 4.38. The molecule has 152 valence electrons. The lowest BCUT2D eigenvalue weighted by atomic mass is 10.0. The van der Waals surface area contributed by atoms with Crippen molar-refractivity contribution in [2.75, 3.05) is 14.2 Å². The number of halogens is 1. The number of hydrogen-bond donors (Lipinski definition) is 2. The number of para-hydroxylation sites is 1. The van der Waals surface area contributed by atoms with Crippen molar-refractivity contribution >= 4 is 5.91 Å². The van der Waals surface area contributed by atoms with Crippen LogP contribution in [0, 0.1) is 5.82 Å². The van der Waals surface area contributed by atoms with Crippen LogP contribution >= 0.6 is 0 Å². The normalized spacial score (nSPS) is 12.9. The Hall–Kier alpha value is -3.39. The zero-order valence-electron chi connectivity index (χ0n) is 16.3. The largest absolute Gasteiger partial charge is 0.497 e. The van der Waals surface area contributed by atoms with Gasteiger partial charge in [-0.1, -0.05) is 12.1 Å². The monoisotopic (exact) mass is 399 g/mol. The van der Waals surface area contributed by atoms with E-state index in [9.17, 15) is 14.3 Å². The number of nitrogens with one attached hydrogen (secondary N) is 1. The van der Waals surface area contributed by atoms with Crippen LogP contribution in [0.5, 0.6) is 11.5 Å². The van der Waals surface area contributed by atoms with Gasteiger partial charge in [0.15, 0.2) is 0 Å². The fourth-order valence-electron chi connectivity index (χ4n) is 2.92. The minimum Gasteiger partial charge on any atom is -0.497 e. The quantitative estimate of drug-likeness (QED) is 0.638. The smallest absolute Gasteiger partial charge is 0.254 e. The third-order valence-electron chi connectivity index (χ3n) is 4.53. The van der Waals surface area contributed by atoms with Crippen LogP contribution in [-0.4, -0.2) is 41.1 Å². The van der Waals surface area contributed by atoms with E-state index < -0.39 is 23.9 Å². The second-order valence-electron chi connectivity index (χ2n) is 6.44. The minimum atomic E-state index is -1.04. The topological polar surface area (TPSA) is 85.6 Å². The molecule has 0 aliphatic heterocycles. The highest BCUT2D eigenvalue weighted by atomic mass is 19.1. The standard InChI is InChI=1S/C21H22FN3O4/c1-13(20(26)16-10-15(28-2)8-9-19(16)29-3)24-21(27)14-11-23-25(12-14)18-7-5-4-6-17(18)22/h4-13,20,26H,1-3H3,(H,24,27). The number of aliphatic hydroxyl groups excluding tert-OH is 1. The Morgan fingerprint density at radius 2 is 1.97 bits per heavy atom. The summed E-state index contributed by atoms with van der Waals surface area (Å²) in [6.45, 7) is 1.67. The Morgan fingerprint density at radius 3 is 2.66 bits per heavy atom. The summed E-state index contributed by atoms with van der Waals surface area (Å²) in [5.74, 6) is 0.147. The lowest BCUT2D eigenvalue weighted by Crippen LogP contribution is -2.37. The van der Waals surface area contributed by atoms with Gasteiger partial charge in [0, 0.05) is 11.8 Å². The van der Waals surface area contributed by atoms with Crippen LogP contribution in [-0.2, 0) is 0 Å². The van der Waals surface area contributed by atoms with Crippen molar-refractivity contribution in [2.45, 2.75) is 19.1 Å². The lowest BCUT2D eigenvalue weighted by Gasteiger charge is -2.22. The summed E-state index contributed by atoms with van der Waals surface area (Å²) in [4.78, 5) is 12.6. The van der Waals surface area contributed by atoms with E-state index in [2.05, 4.69) is 10.4 Å². The van der Waals surface area contributed by atoms with Crippen LogP contribution in [0.2, 0.25) is 0 Å². The van der Waals surface area contributed by atoms with Gasteiger partial charge in [0.05, 0.1) is 32.0 Å². The van der Waals surface area contributed by atoms with E-state index in [1.807, 2.05) is 0 Å². The average molecular weight is 399 g/mol. The zero-order valence-corrected chi connectivity index (χ0v) is 16.3. The van der Waals surface area contributed by atoms with E-state index in [0.29, 0.717) is 17.1 Å². The zero-order chi connectivity index (χ0) is 21.0. The minimum absolute atomic E-state index is 0.237. The van der Waals surface area contributed by atoms with Gasteiger partial charge in [0.2, 0.25) is 0 Å². The average Bonchev–Trinajstić information content (AvgIpc) is 3.23. The van der Waals surface area contributed by atoms with Crippen molar-refractivity contribution in [1.29, 1.82) is 0 Å². The highest BCUT2D eigenvalue weighted by molar-refractivity contribution is 5.94. The van der Waals surface area contributed by atoms with Crippen LogP contribution in [0.25, 0.3) is 5.69 Å². The Labute approximate surface area is 167 Å². The summed E-state index contributed by atoms with van der Waals surface area (Å²) in [6, 6.07) is 10.6. The maximum Gasteiger partial charge on any atom is 0.254 e. The number of ether oxygens (including phenoxy) is 2. The number of aromatic nitrogens is 2. The molecule has 2 atom stereocenters. The molecule has 7 nitrogen and oxygen atoms in total. The van der Waals surface area contributed by atoms with E-state index in [1.165, 1.54) is 37.4 Å². The summed E-state index contributed by atoms with van der Waals surface area (Å²) >= 11 is 0. The van der Waals surface area contributed by atoms with Gasteiger partial charge < -0.3 is 19.9 Å². The summed E-state index contributed by atoms with van der Waals surface area (Å²) in [5.41, 5.74) is 0.965. The molecule has 2 N–H and O–H groups in total. The number of hydrogen-bond acceptors (Lipinski definition) is 5. The molecular weight excluding hydrogens is 377 g/mol. The highest BCUT2D eigenvalue weighted by Crippen LogP contribution is 2.31. The van der Waals surface area contributed by atoms with E-state index >= 15 is 0 Å². The molecule has 0 aliphatic rings. The van der Waals surface area contributed by atoms with E-state index in [-0.39, 0.29) is 11.3 Å². The first-order valence-electron chi connectivity index (χ1n) is 8.95. The Bertz CT molecular complexity index is 1010. The van der Waals surface area contributed by atoms with E-state index in [0.717, 1.165) is 0 Å². The number of amides is 1. The van der Waals surface area contributed by atoms with Crippen LogP contribution in [0.15, 0.2) is 54.9 Å². The summed E-state index contributed by atoms with van der Waals surface area (Å²) in [6.07, 6.45) is 1.73. The maximum absolute atomic E-state index is 13.9. The molecule has 2 aromatic carbocycles. The molecule has 1 heterocycles. The van der Waals surface area contributed by atoms with Crippen LogP contribution < -0.4 is 14.8 Å². The molecule has 1 aromatic heterocycles. The molecule has 0 saturated heterocycles. The van der Waals surface area contributed by atoms with Crippen LogP contribution in [0.4, 0.5) is 4.39 Å². The predicted molar refractivity (Wildman–Crippen MR) is 105 cm³/mol. The van der Waals surface area contributed by atoms with Gasteiger partial charge in [-0.25, -0.2) is 9.07 Å². The first-order chi connectivity index (χ1) is 13.9. The van der Waals surface area contributed by atoms with Gasteiger partial charge in [-0.3, -0.25) is 4.79 Å². The Kier molecular flexibility index (Phi) is 6.13. The first-order valence-corrected chi connectivity index (χ1v) is 8.95. The molecule has 2 unspecified atom stereocenters. The van der Waals surface area contributed by atoms with Gasteiger partial charge in [0.1, 0.15) is 29.1 Å². The molecule has 0 radical (unpaired) electrons. The van der Waals surface area contributed by atoms with Gasteiger partial charge in [-0.15, -0.1) is 0 Å². The second-order valence-corrected chi connectivity index (χ2v) is 6.44. The number of nitrogens with zero attached hydrogens (tertiary/aromatic N) is 2. The molecule has 3 rings (SSSR count). The molecule has 3 aromatic rings. The lowest BCUT2D eigenvalue weighted by molar-refractivity contribution is 0.0847. The number of aliphatic hydroxyl groups is 1. The Morgan fingerprint density at radius 1 is 1.21 bits per heavy atom. The van der Waals surface area contributed by atoms with Gasteiger partial charge in [0.25, 0.3) is 5.91 Å². The number of methoxy groups -OCH3 is 2. The molecular formula is C21H22FN3O4. The number of carbonyl (C=O) groups excluding carboxylic acids is 1. The van der Waals surface area contributed by atoms with Crippen molar-refractivity contribution in [1.82, 2.24) is 15.1 Å². The SMILES string of the molecule is COc1ccc(OC)c(C(O)C(C)NC(=O)c2cnn(-c3ccccc3F)c2)c1. The fourth-order valence-corrected chi connectivity index (χ4v) is 2.92. The number of rotatable bonds is 7. The third-order valence-corrected chi connectivity index (χ3v) is 4.53.